The van der Waals surface area contributed by atoms with Crippen molar-refractivity contribution in [2.24, 2.45) is 0 Å². The van der Waals surface area contributed by atoms with Crippen molar-refractivity contribution in [3.63, 3.8) is 0 Å². The van der Waals surface area contributed by atoms with Crippen LogP contribution in [0.1, 0.15) is 27.1 Å². The summed E-state index contributed by atoms with van der Waals surface area (Å²) in [4.78, 5) is 26.2. The molecule has 1 heterocycles. The highest BCUT2D eigenvalue weighted by Crippen LogP contribution is 2.29. The van der Waals surface area contributed by atoms with Gasteiger partial charge in [0.1, 0.15) is 0 Å². The van der Waals surface area contributed by atoms with Crippen LogP contribution in [-0.2, 0) is 9.47 Å². The highest BCUT2D eigenvalue weighted by molar-refractivity contribution is 6.04. The second-order valence-electron chi connectivity index (χ2n) is 6.45. The lowest BCUT2D eigenvalue weighted by molar-refractivity contribution is -0.0464. The lowest BCUT2D eigenvalue weighted by Crippen LogP contribution is -2.54. The van der Waals surface area contributed by atoms with E-state index in [0.29, 0.717) is 43.0 Å². The standard InChI is InChI=1S/C21H23NO5/c1-26-11-6-12-27-15-13-22(14-15)20(23)18-9-4-2-7-16(18)17-8-3-5-10-19(17)21(24)25/h2-5,7-10,15H,6,11-14H2,1H3,(H,24,25). The third kappa shape index (κ3) is 4.35. The molecule has 1 aliphatic heterocycles. The highest BCUT2D eigenvalue weighted by Gasteiger charge is 2.33. The molecule has 27 heavy (non-hydrogen) atoms. The Morgan fingerprint density at radius 1 is 1.00 bits per heavy atom. The van der Waals surface area contributed by atoms with Crippen molar-refractivity contribution in [3.8, 4) is 11.1 Å². The summed E-state index contributed by atoms with van der Waals surface area (Å²) in [5, 5.41) is 9.46. The summed E-state index contributed by atoms with van der Waals surface area (Å²) in [7, 11) is 1.66. The molecule has 1 amide bonds. The van der Waals surface area contributed by atoms with E-state index in [2.05, 4.69) is 0 Å². The summed E-state index contributed by atoms with van der Waals surface area (Å²) in [6.07, 6.45) is 0.875. The number of rotatable bonds is 8. The number of hydrogen-bond donors (Lipinski definition) is 1. The van der Waals surface area contributed by atoms with Crippen molar-refractivity contribution in [2.45, 2.75) is 12.5 Å². The Labute approximate surface area is 158 Å². The average Bonchev–Trinajstić information content (AvgIpc) is 2.66. The molecule has 1 fully saturated rings. The van der Waals surface area contributed by atoms with Crippen molar-refractivity contribution < 1.29 is 24.2 Å². The number of ether oxygens (including phenoxy) is 2. The van der Waals surface area contributed by atoms with E-state index in [0.717, 1.165) is 6.42 Å². The Balaban J connectivity index is 1.72. The van der Waals surface area contributed by atoms with Gasteiger partial charge in [0.15, 0.2) is 0 Å². The molecule has 142 valence electrons. The molecule has 0 aromatic heterocycles. The predicted octanol–water partition coefficient (Wildman–Crippen LogP) is 2.93. The number of carbonyl (C=O) groups is 2. The molecule has 1 saturated heterocycles. The highest BCUT2D eigenvalue weighted by atomic mass is 16.5. The molecule has 2 aromatic rings. The van der Waals surface area contributed by atoms with Gasteiger partial charge in [-0.25, -0.2) is 4.79 Å². The number of benzene rings is 2. The summed E-state index contributed by atoms with van der Waals surface area (Å²) in [5.74, 6) is -1.12. The van der Waals surface area contributed by atoms with Crippen molar-refractivity contribution in [1.29, 1.82) is 0 Å². The van der Waals surface area contributed by atoms with Gasteiger partial charge in [0, 0.05) is 39.0 Å². The maximum Gasteiger partial charge on any atom is 0.336 e. The number of amides is 1. The van der Waals surface area contributed by atoms with Crippen LogP contribution in [0.15, 0.2) is 48.5 Å². The van der Waals surface area contributed by atoms with E-state index < -0.39 is 5.97 Å². The molecule has 6 nitrogen and oxygen atoms in total. The smallest absolute Gasteiger partial charge is 0.336 e. The first-order valence-corrected chi connectivity index (χ1v) is 8.93. The number of carboxylic acid groups (broad SMARTS) is 1. The molecule has 0 saturated carbocycles. The van der Waals surface area contributed by atoms with Gasteiger partial charge < -0.3 is 19.5 Å². The number of methoxy groups -OCH3 is 1. The minimum atomic E-state index is -1.01. The molecule has 0 bridgehead atoms. The number of nitrogens with zero attached hydrogens (tertiary/aromatic N) is 1. The van der Waals surface area contributed by atoms with Crippen LogP contribution in [0, 0.1) is 0 Å². The molecule has 0 spiro atoms. The predicted molar refractivity (Wildman–Crippen MR) is 101 cm³/mol. The second kappa shape index (κ2) is 8.79. The molecule has 3 rings (SSSR count). The van der Waals surface area contributed by atoms with Crippen LogP contribution in [0.5, 0.6) is 0 Å². The Hall–Kier alpha value is -2.70. The van der Waals surface area contributed by atoms with Gasteiger partial charge in [-0.05, 0) is 29.7 Å². The molecule has 0 unspecified atom stereocenters. The van der Waals surface area contributed by atoms with Crippen LogP contribution in [0.25, 0.3) is 11.1 Å². The summed E-state index contributed by atoms with van der Waals surface area (Å²) in [6.45, 7) is 2.36. The van der Waals surface area contributed by atoms with E-state index in [1.807, 2.05) is 6.07 Å². The monoisotopic (exact) mass is 369 g/mol. The van der Waals surface area contributed by atoms with Crippen molar-refractivity contribution >= 4 is 11.9 Å². The first kappa shape index (κ1) is 19.1. The fourth-order valence-corrected chi connectivity index (χ4v) is 3.14. The zero-order valence-corrected chi connectivity index (χ0v) is 15.3. The van der Waals surface area contributed by atoms with Gasteiger partial charge in [0.2, 0.25) is 0 Å². The molecular weight excluding hydrogens is 346 g/mol. The van der Waals surface area contributed by atoms with E-state index in [1.54, 1.807) is 54.5 Å². The van der Waals surface area contributed by atoms with Gasteiger partial charge in [0.05, 0.1) is 11.7 Å². The Kier molecular flexibility index (Phi) is 6.21. The van der Waals surface area contributed by atoms with Crippen LogP contribution in [0.4, 0.5) is 0 Å². The minimum Gasteiger partial charge on any atom is -0.478 e. The molecule has 1 aliphatic rings. The number of carbonyl (C=O) groups excluding carboxylic acids is 1. The van der Waals surface area contributed by atoms with Gasteiger partial charge in [-0.3, -0.25) is 4.79 Å². The normalized spacial score (nSPS) is 14.0. The van der Waals surface area contributed by atoms with Crippen LogP contribution >= 0.6 is 0 Å². The topological polar surface area (TPSA) is 76.1 Å². The minimum absolute atomic E-state index is 0.0456. The fourth-order valence-electron chi connectivity index (χ4n) is 3.14. The SMILES string of the molecule is COCCCOC1CN(C(=O)c2ccccc2-c2ccccc2C(=O)O)C1. The third-order valence-corrected chi connectivity index (χ3v) is 4.59. The molecule has 0 atom stereocenters. The average molecular weight is 369 g/mol. The molecule has 0 aliphatic carbocycles. The quantitative estimate of drug-likeness (QED) is 0.724. The number of carboxylic acids is 1. The molecule has 0 radical (unpaired) electrons. The van der Waals surface area contributed by atoms with E-state index in [1.165, 1.54) is 0 Å². The second-order valence-corrected chi connectivity index (χ2v) is 6.45. The summed E-state index contributed by atoms with van der Waals surface area (Å²) in [5.41, 5.74) is 1.86. The Bertz CT molecular complexity index is 814. The zero-order chi connectivity index (χ0) is 19.2. The van der Waals surface area contributed by atoms with E-state index >= 15 is 0 Å². The largest absolute Gasteiger partial charge is 0.478 e. The lowest BCUT2D eigenvalue weighted by atomic mass is 9.94. The summed E-state index contributed by atoms with van der Waals surface area (Å²) in [6, 6.07) is 13.9. The Morgan fingerprint density at radius 2 is 1.59 bits per heavy atom. The first-order valence-electron chi connectivity index (χ1n) is 8.93. The van der Waals surface area contributed by atoms with Gasteiger partial charge in [-0.1, -0.05) is 36.4 Å². The van der Waals surface area contributed by atoms with Crippen molar-refractivity contribution in [2.75, 3.05) is 33.4 Å². The van der Waals surface area contributed by atoms with Crippen molar-refractivity contribution in [3.05, 3.63) is 59.7 Å². The van der Waals surface area contributed by atoms with Gasteiger partial charge >= 0.3 is 5.97 Å². The number of aromatic carboxylic acids is 1. The third-order valence-electron chi connectivity index (χ3n) is 4.59. The first-order chi connectivity index (χ1) is 13.1. The van der Waals surface area contributed by atoms with Crippen LogP contribution < -0.4 is 0 Å². The Morgan fingerprint density at radius 3 is 2.22 bits per heavy atom. The fraction of sp³-hybridized carbons (Fsp3) is 0.333. The summed E-state index contributed by atoms with van der Waals surface area (Å²) < 4.78 is 10.7. The summed E-state index contributed by atoms with van der Waals surface area (Å²) >= 11 is 0. The number of likely N-dealkylation sites (tertiary alicyclic amines) is 1. The zero-order valence-electron chi connectivity index (χ0n) is 15.3. The maximum atomic E-state index is 12.9. The molecule has 1 N–H and O–H groups in total. The van der Waals surface area contributed by atoms with Crippen LogP contribution in [0.2, 0.25) is 0 Å². The lowest BCUT2D eigenvalue weighted by Gasteiger charge is -2.39. The molecule has 2 aromatic carbocycles. The number of hydrogen-bond acceptors (Lipinski definition) is 4. The van der Waals surface area contributed by atoms with E-state index in [-0.39, 0.29) is 17.6 Å². The van der Waals surface area contributed by atoms with Gasteiger partial charge in [0.25, 0.3) is 5.91 Å². The molecule has 6 heteroatoms. The van der Waals surface area contributed by atoms with Crippen LogP contribution in [-0.4, -0.2) is 61.4 Å². The van der Waals surface area contributed by atoms with E-state index in [4.69, 9.17) is 9.47 Å². The van der Waals surface area contributed by atoms with Gasteiger partial charge in [-0.2, -0.15) is 0 Å². The van der Waals surface area contributed by atoms with Crippen molar-refractivity contribution in [1.82, 2.24) is 4.90 Å². The van der Waals surface area contributed by atoms with E-state index in [9.17, 15) is 14.7 Å². The molecular formula is C21H23NO5. The van der Waals surface area contributed by atoms with Gasteiger partial charge in [-0.15, -0.1) is 0 Å². The van der Waals surface area contributed by atoms with Crippen LogP contribution in [0.3, 0.4) is 0 Å². The maximum absolute atomic E-state index is 12.9.